The second-order valence-electron chi connectivity index (χ2n) is 4.57. The fourth-order valence-electron chi connectivity index (χ4n) is 1.45. The Kier molecular flexibility index (Phi) is 5.20. The van der Waals surface area contributed by atoms with Gasteiger partial charge in [0.15, 0.2) is 0 Å². The number of hydrogen-bond acceptors (Lipinski definition) is 1. The molecule has 0 radical (unpaired) electrons. The van der Waals surface area contributed by atoms with Gasteiger partial charge in [0, 0.05) is 6.54 Å². The van der Waals surface area contributed by atoms with E-state index in [0.29, 0.717) is 5.92 Å². The second-order valence-corrected chi connectivity index (χ2v) is 4.57. The fraction of sp³-hybridized carbons (Fsp3) is 0.429. The molecule has 0 atom stereocenters. The Hall–Kier alpha value is -1.15. The number of rotatable bonds is 5. The second kappa shape index (κ2) is 6.44. The molecule has 16 heavy (non-hydrogen) atoms. The van der Waals surface area contributed by atoms with Crippen molar-refractivity contribution in [1.29, 1.82) is 0 Å². The molecule has 0 saturated heterocycles. The molecule has 0 bridgehead atoms. The first-order valence-electron chi connectivity index (χ1n) is 5.71. The minimum atomic E-state index is -0.187. The number of halogens is 1. The molecule has 1 aromatic rings. The van der Waals surface area contributed by atoms with E-state index in [2.05, 4.69) is 32.2 Å². The summed E-state index contributed by atoms with van der Waals surface area (Å²) in [7, 11) is 0. The van der Waals surface area contributed by atoms with Crippen molar-refractivity contribution in [3.8, 4) is 0 Å². The zero-order valence-corrected chi connectivity index (χ0v) is 10.3. The normalized spacial score (nSPS) is 12.2. The van der Waals surface area contributed by atoms with Crippen LogP contribution in [0.1, 0.15) is 26.3 Å². The van der Waals surface area contributed by atoms with Gasteiger partial charge in [0.2, 0.25) is 0 Å². The van der Waals surface area contributed by atoms with E-state index >= 15 is 0 Å². The van der Waals surface area contributed by atoms with Crippen molar-refractivity contribution in [2.75, 3.05) is 13.1 Å². The molecule has 1 N–H and O–H groups in total. The molecule has 0 unspecified atom stereocenters. The molecule has 1 nitrogen and oxygen atoms in total. The van der Waals surface area contributed by atoms with E-state index in [1.807, 2.05) is 0 Å². The summed E-state index contributed by atoms with van der Waals surface area (Å²) in [4.78, 5) is 0. The predicted molar refractivity (Wildman–Crippen MR) is 67.8 cm³/mol. The first kappa shape index (κ1) is 12.9. The van der Waals surface area contributed by atoms with Gasteiger partial charge in [-0.2, -0.15) is 0 Å². The molecule has 1 aromatic carbocycles. The van der Waals surface area contributed by atoms with Crippen LogP contribution in [0.25, 0.3) is 6.08 Å². The molecule has 0 saturated carbocycles. The molecule has 0 aromatic heterocycles. The number of hydrogen-bond donors (Lipinski definition) is 1. The largest absolute Gasteiger partial charge is 0.313 e. The highest BCUT2D eigenvalue weighted by Gasteiger charge is 1.95. The third-order valence-electron chi connectivity index (χ3n) is 2.24. The van der Waals surface area contributed by atoms with Crippen LogP contribution in [0.3, 0.4) is 0 Å². The van der Waals surface area contributed by atoms with Crippen molar-refractivity contribution < 1.29 is 4.39 Å². The molecule has 0 heterocycles. The van der Waals surface area contributed by atoms with E-state index in [-0.39, 0.29) is 5.82 Å². The summed E-state index contributed by atoms with van der Waals surface area (Å²) in [5.74, 6) is 0.478. The van der Waals surface area contributed by atoms with Gasteiger partial charge < -0.3 is 5.32 Å². The summed E-state index contributed by atoms with van der Waals surface area (Å²) < 4.78 is 12.7. The highest BCUT2D eigenvalue weighted by molar-refractivity contribution is 5.52. The van der Waals surface area contributed by atoms with Crippen molar-refractivity contribution in [2.45, 2.75) is 20.8 Å². The minimum absolute atomic E-state index is 0.187. The zero-order chi connectivity index (χ0) is 12.0. The van der Waals surface area contributed by atoms with Gasteiger partial charge in [-0.3, -0.25) is 0 Å². The maximum atomic E-state index is 12.7. The van der Waals surface area contributed by atoms with E-state index in [1.54, 1.807) is 12.1 Å². The Morgan fingerprint density at radius 2 is 1.94 bits per heavy atom. The van der Waals surface area contributed by atoms with Gasteiger partial charge in [0.1, 0.15) is 5.82 Å². The highest BCUT2D eigenvalue weighted by atomic mass is 19.1. The third kappa shape index (κ3) is 5.08. The smallest absolute Gasteiger partial charge is 0.123 e. The third-order valence-corrected chi connectivity index (χ3v) is 2.24. The molecule has 88 valence electrons. The van der Waals surface area contributed by atoms with Gasteiger partial charge in [-0.25, -0.2) is 4.39 Å². The topological polar surface area (TPSA) is 12.0 Å². The molecule has 0 spiro atoms. The van der Waals surface area contributed by atoms with Crippen LogP contribution < -0.4 is 5.32 Å². The summed E-state index contributed by atoms with van der Waals surface area (Å²) in [5, 5.41) is 3.37. The number of benzene rings is 1. The van der Waals surface area contributed by atoms with E-state index in [0.717, 1.165) is 18.7 Å². The van der Waals surface area contributed by atoms with Crippen molar-refractivity contribution in [3.05, 3.63) is 41.2 Å². The van der Waals surface area contributed by atoms with Crippen LogP contribution in [-0.4, -0.2) is 13.1 Å². The quantitative estimate of drug-likeness (QED) is 0.802. The maximum absolute atomic E-state index is 12.7. The van der Waals surface area contributed by atoms with Crippen molar-refractivity contribution in [1.82, 2.24) is 5.32 Å². The molecule has 0 aliphatic heterocycles. The van der Waals surface area contributed by atoms with Gasteiger partial charge in [-0.15, -0.1) is 0 Å². The molecule has 0 fully saturated rings. The SMILES string of the molecule is CC(=Cc1ccc(F)cc1)CNCC(C)C. The van der Waals surface area contributed by atoms with Crippen molar-refractivity contribution in [3.63, 3.8) is 0 Å². The average Bonchev–Trinajstić information content (AvgIpc) is 2.21. The van der Waals surface area contributed by atoms with Gasteiger partial charge in [-0.05, 0) is 37.1 Å². The van der Waals surface area contributed by atoms with E-state index < -0.39 is 0 Å². The van der Waals surface area contributed by atoms with Gasteiger partial charge >= 0.3 is 0 Å². The molecule has 0 aliphatic carbocycles. The van der Waals surface area contributed by atoms with Gasteiger partial charge in [0.25, 0.3) is 0 Å². The van der Waals surface area contributed by atoms with Crippen molar-refractivity contribution >= 4 is 6.08 Å². The highest BCUT2D eigenvalue weighted by Crippen LogP contribution is 2.07. The molecule has 0 amide bonds. The summed E-state index contributed by atoms with van der Waals surface area (Å²) in [6.45, 7) is 8.36. The minimum Gasteiger partial charge on any atom is -0.313 e. The summed E-state index contributed by atoms with van der Waals surface area (Å²) in [6, 6.07) is 6.56. The molecular weight excluding hydrogens is 201 g/mol. The molecule has 1 rings (SSSR count). The Bertz CT molecular complexity index is 338. The monoisotopic (exact) mass is 221 g/mol. The molecular formula is C14H20FN. The maximum Gasteiger partial charge on any atom is 0.123 e. The first-order chi connectivity index (χ1) is 7.58. The van der Waals surface area contributed by atoms with Crippen molar-refractivity contribution in [2.24, 2.45) is 5.92 Å². The predicted octanol–water partition coefficient (Wildman–Crippen LogP) is 3.47. The van der Waals surface area contributed by atoms with E-state index in [9.17, 15) is 4.39 Å². The lowest BCUT2D eigenvalue weighted by molar-refractivity contribution is 0.572. The van der Waals surface area contributed by atoms with Crippen LogP contribution in [0.5, 0.6) is 0 Å². The van der Waals surface area contributed by atoms with Gasteiger partial charge in [-0.1, -0.05) is 37.6 Å². The summed E-state index contributed by atoms with van der Waals surface area (Å²) >= 11 is 0. The van der Waals surface area contributed by atoms with Crippen LogP contribution in [0.4, 0.5) is 4.39 Å². The Morgan fingerprint density at radius 3 is 2.50 bits per heavy atom. The summed E-state index contributed by atoms with van der Waals surface area (Å²) in [6.07, 6.45) is 2.08. The number of nitrogens with one attached hydrogen (secondary N) is 1. The van der Waals surface area contributed by atoms with E-state index in [1.165, 1.54) is 17.7 Å². The Labute approximate surface area is 97.4 Å². The zero-order valence-electron chi connectivity index (χ0n) is 10.3. The average molecular weight is 221 g/mol. The van der Waals surface area contributed by atoms with Crippen LogP contribution >= 0.6 is 0 Å². The van der Waals surface area contributed by atoms with Crippen LogP contribution in [-0.2, 0) is 0 Å². The lowest BCUT2D eigenvalue weighted by atomic mass is 10.1. The van der Waals surface area contributed by atoms with Crippen LogP contribution in [0.15, 0.2) is 29.8 Å². The van der Waals surface area contributed by atoms with Gasteiger partial charge in [0.05, 0.1) is 0 Å². The summed E-state index contributed by atoms with van der Waals surface area (Å²) in [5.41, 5.74) is 2.30. The Balaban J connectivity index is 2.46. The standard InChI is InChI=1S/C14H20FN/c1-11(2)9-16-10-12(3)8-13-4-6-14(15)7-5-13/h4-8,11,16H,9-10H2,1-3H3. The fourth-order valence-corrected chi connectivity index (χ4v) is 1.45. The molecule has 0 aliphatic rings. The lowest BCUT2D eigenvalue weighted by Gasteiger charge is -2.07. The molecule has 2 heteroatoms. The Morgan fingerprint density at radius 1 is 1.31 bits per heavy atom. The van der Waals surface area contributed by atoms with E-state index in [4.69, 9.17) is 0 Å². The lowest BCUT2D eigenvalue weighted by Crippen LogP contribution is -2.21. The van der Waals surface area contributed by atoms with Crippen LogP contribution in [0, 0.1) is 11.7 Å². The first-order valence-corrected chi connectivity index (χ1v) is 5.71. The van der Waals surface area contributed by atoms with Crippen LogP contribution in [0.2, 0.25) is 0 Å².